The van der Waals surface area contributed by atoms with Gasteiger partial charge in [-0.1, -0.05) is 6.07 Å². The molecule has 1 saturated carbocycles. The van der Waals surface area contributed by atoms with Crippen LogP contribution in [-0.2, 0) is 11.2 Å². The molecule has 1 heterocycles. The Hall–Kier alpha value is -2.34. The molecule has 11 heteroatoms. The Morgan fingerprint density at radius 3 is 2.60 bits per heavy atom. The highest BCUT2D eigenvalue weighted by molar-refractivity contribution is 6.41. The molecule has 1 amide bonds. The molecule has 0 spiro atoms. The zero-order valence-corrected chi connectivity index (χ0v) is 16.7. The second-order valence-electron chi connectivity index (χ2n) is 8.02. The van der Waals surface area contributed by atoms with Gasteiger partial charge in [0.25, 0.3) is 0 Å². The molecule has 1 aliphatic carbocycles. The first-order valence-corrected chi connectivity index (χ1v) is 10.1. The van der Waals surface area contributed by atoms with E-state index in [-0.39, 0.29) is 36.1 Å². The van der Waals surface area contributed by atoms with Gasteiger partial charge in [-0.25, -0.2) is 4.79 Å². The number of amides is 1. The van der Waals surface area contributed by atoms with Gasteiger partial charge in [-0.15, -0.1) is 0 Å². The van der Waals surface area contributed by atoms with E-state index in [0.717, 1.165) is 12.8 Å². The van der Waals surface area contributed by atoms with E-state index in [4.69, 9.17) is 20.5 Å². The highest BCUT2D eigenvalue weighted by Crippen LogP contribution is 2.34. The Morgan fingerprint density at radius 2 is 2.00 bits per heavy atom. The molecule has 0 unspecified atom stereocenters. The van der Waals surface area contributed by atoms with Crippen molar-refractivity contribution < 1.29 is 34.6 Å². The van der Waals surface area contributed by atoms with E-state index in [1.54, 1.807) is 0 Å². The number of hydrogen-bond acceptors (Lipinski definition) is 8. The molecule has 164 valence electrons. The van der Waals surface area contributed by atoms with Crippen molar-refractivity contribution >= 4 is 19.0 Å². The summed E-state index contributed by atoms with van der Waals surface area (Å²) in [6, 6.07) is 2.34. The van der Waals surface area contributed by atoms with E-state index < -0.39 is 24.9 Å². The fourth-order valence-corrected chi connectivity index (χ4v) is 3.39. The molecule has 2 fully saturated rings. The molecule has 1 saturated heterocycles. The second-order valence-corrected chi connectivity index (χ2v) is 8.02. The summed E-state index contributed by atoms with van der Waals surface area (Å²) in [7, 11) is -1.54. The van der Waals surface area contributed by atoms with Crippen molar-refractivity contribution in [3.63, 3.8) is 0 Å². The number of hydrogen-bond donors (Lipinski definition) is 6. The molecule has 2 aliphatic rings. The molecular weight excluding hydrogens is 393 g/mol. The molecule has 1 aromatic carbocycles. The average Bonchev–Trinajstić information content (AvgIpc) is 3.47. The van der Waals surface area contributed by atoms with Crippen molar-refractivity contribution in [2.45, 2.75) is 37.7 Å². The van der Waals surface area contributed by atoms with Crippen molar-refractivity contribution in [3.8, 4) is 11.5 Å². The first-order chi connectivity index (χ1) is 14.2. The number of likely N-dealkylation sites (tertiary alicyclic amines) is 1. The third kappa shape index (κ3) is 5.85. The number of aromatic carboxylic acids is 1. The molecule has 7 N–H and O–H groups in total. The van der Waals surface area contributed by atoms with Gasteiger partial charge in [-0.05, 0) is 43.1 Å². The van der Waals surface area contributed by atoms with E-state index in [9.17, 15) is 19.8 Å². The summed E-state index contributed by atoms with van der Waals surface area (Å²) in [6.07, 6.45) is 2.10. The molecule has 0 aromatic heterocycles. The van der Waals surface area contributed by atoms with Gasteiger partial charge < -0.3 is 36.0 Å². The van der Waals surface area contributed by atoms with Crippen LogP contribution in [0.4, 0.5) is 0 Å². The van der Waals surface area contributed by atoms with Gasteiger partial charge in [0, 0.05) is 26.2 Å². The predicted molar refractivity (Wildman–Crippen MR) is 108 cm³/mol. The number of phenols is 1. The number of aromatic hydroxyl groups is 1. The van der Waals surface area contributed by atoms with Crippen LogP contribution >= 0.6 is 0 Å². The van der Waals surface area contributed by atoms with Crippen LogP contribution in [0.15, 0.2) is 12.1 Å². The van der Waals surface area contributed by atoms with E-state index in [2.05, 4.69) is 5.32 Å². The standard InChI is InChI=1S/C19H28BN3O7/c21-14(18(25)22-7-11-1-2-11)10-23-8-13(9-23)30-15-4-3-12(5-6-20(28)29)17(24)16(15)19(26)27/h3-4,11,13-14,24,28-29H,1-2,5-10,21H2,(H,22,25)(H,26,27)/t14-/m1/s1. The Balaban J connectivity index is 1.51. The summed E-state index contributed by atoms with van der Waals surface area (Å²) in [4.78, 5) is 25.5. The van der Waals surface area contributed by atoms with Crippen LogP contribution in [0.25, 0.3) is 0 Å². The number of benzene rings is 1. The molecular formula is C19H28BN3O7. The average molecular weight is 421 g/mol. The van der Waals surface area contributed by atoms with Gasteiger partial charge in [0.15, 0.2) is 0 Å². The third-order valence-corrected chi connectivity index (χ3v) is 5.38. The Morgan fingerprint density at radius 1 is 1.30 bits per heavy atom. The molecule has 30 heavy (non-hydrogen) atoms. The highest BCUT2D eigenvalue weighted by Gasteiger charge is 2.33. The molecule has 0 radical (unpaired) electrons. The Bertz CT molecular complexity index is 782. The van der Waals surface area contributed by atoms with Crippen LogP contribution in [-0.4, -0.2) is 82.5 Å². The van der Waals surface area contributed by atoms with Crippen LogP contribution in [0.5, 0.6) is 11.5 Å². The fourth-order valence-electron chi connectivity index (χ4n) is 3.39. The van der Waals surface area contributed by atoms with Gasteiger partial charge in [0.05, 0.1) is 6.04 Å². The number of ether oxygens (including phenoxy) is 1. The summed E-state index contributed by atoms with van der Waals surface area (Å²) in [6.45, 7) is 2.03. The number of carboxylic acids is 1. The fraction of sp³-hybridized carbons (Fsp3) is 0.579. The SMILES string of the molecule is N[C@H](CN1CC(Oc2ccc(CCB(O)O)c(O)c2C(=O)O)C1)C(=O)NCC1CC1. The largest absolute Gasteiger partial charge is 0.507 e. The number of nitrogens with zero attached hydrogens (tertiary/aromatic N) is 1. The molecule has 1 aliphatic heterocycles. The number of carbonyl (C=O) groups excluding carboxylic acids is 1. The number of aryl methyl sites for hydroxylation is 1. The van der Waals surface area contributed by atoms with Crippen molar-refractivity contribution in [2.24, 2.45) is 11.7 Å². The first kappa shape index (κ1) is 22.4. The van der Waals surface area contributed by atoms with Crippen LogP contribution in [0.1, 0.15) is 28.8 Å². The summed E-state index contributed by atoms with van der Waals surface area (Å²) in [5, 5.41) is 40.5. The van der Waals surface area contributed by atoms with Crippen molar-refractivity contribution in [1.82, 2.24) is 10.2 Å². The lowest BCUT2D eigenvalue weighted by molar-refractivity contribution is -0.123. The minimum atomic E-state index is -1.54. The second kappa shape index (κ2) is 9.65. The zero-order chi connectivity index (χ0) is 21.8. The molecule has 0 bridgehead atoms. The maximum absolute atomic E-state index is 12.0. The first-order valence-electron chi connectivity index (χ1n) is 10.1. The minimum absolute atomic E-state index is 0.0289. The Labute approximate surface area is 174 Å². The number of carbonyl (C=O) groups is 2. The lowest BCUT2D eigenvalue weighted by Crippen LogP contribution is -2.59. The predicted octanol–water partition coefficient (Wildman–Crippen LogP) is -0.978. The van der Waals surface area contributed by atoms with Crippen LogP contribution in [0.2, 0.25) is 6.32 Å². The third-order valence-electron chi connectivity index (χ3n) is 5.38. The molecule has 1 atom stereocenters. The van der Waals surface area contributed by atoms with Crippen LogP contribution in [0.3, 0.4) is 0 Å². The van der Waals surface area contributed by atoms with Gasteiger partial charge in [0.1, 0.15) is 23.2 Å². The zero-order valence-electron chi connectivity index (χ0n) is 16.7. The van der Waals surface area contributed by atoms with E-state index in [1.165, 1.54) is 12.1 Å². The van der Waals surface area contributed by atoms with Gasteiger partial charge in [0.2, 0.25) is 5.91 Å². The molecule has 10 nitrogen and oxygen atoms in total. The maximum Gasteiger partial charge on any atom is 0.451 e. The van der Waals surface area contributed by atoms with E-state index >= 15 is 0 Å². The quantitative estimate of drug-likeness (QED) is 0.246. The summed E-state index contributed by atoms with van der Waals surface area (Å²) >= 11 is 0. The van der Waals surface area contributed by atoms with Crippen molar-refractivity contribution in [3.05, 3.63) is 23.3 Å². The summed E-state index contributed by atoms with van der Waals surface area (Å²) in [5.41, 5.74) is 5.89. The molecule has 1 aromatic rings. The van der Waals surface area contributed by atoms with Gasteiger partial charge >= 0.3 is 13.1 Å². The van der Waals surface area contributed by atoms with Crippen LogP contribution < -0.4 is 15.8 Å². The molecule has 3 rings (SSSR count). The highest BCUT2D eigenvalue weighted by atomic mass is 16.5. The number of carboxylic acid groups (broad SMARTS) is 1. The lowest BCUT2D eigenvalue weighted by Gasteiger charge is -2.40. The Kier molecular flexibility index (Phi) is 7.19. The van der Waals surface area contributed by atoms with Crippen LogP contribution in [0, 0.1) is 5.92 Å². The summed E-state index contributed by atoms with van der Waals surface area (Å²) in [5.74, 6) is -1.31. The minimum Gasteiger partial charge on any atom is -0.507 e. The maximum atomic E-state index is 12.0. The van der Waals surface area contributed by atoms with Gasteiger partial charge in [-0.3, -0.25) is 9.69 Å². The topological polar surface area (TPSA) is 166 Å². The monoisotopic (exact) mass is 421 g/mol. The van der Waals surface area contributed by atoms with E-state index in [1.807, 2.05) is 4.90 Å². The number of rotatable bonds is 11. The number of nitrogens with two attached hydrogens (primary N) is 1. The van der Waals surface area contributed by atoms with E-state index in [0.29, 0.717) is 37.7 Å². The smallest absolute Gasteiger partial charge is 0.451 e. The van der Waals surface area contributed by atoms with Gasteiger partial charge in [-0.2, -0.15) is 0 Å². The summed E-state index contributed by atoms with van der Waals surface area (Å²) < 4.78 is 5.74. The van der Waals surface area contributed by atoms with Crippen molar-refractivity contribution in [1.29, 1.82) is 0 Å². The number of nitrogens with one attached hydrogen (secondary N) is 1. The lowest BCUT2D eigenvalue weighted by atomic mass is 9.82. The normalized spacial score (nSPS) is 17.8. The van der Waals surface area contributed by atoms with Crippen molar-refractivity contribution in [2.75, 3.05) is 26.2 Å².